The van der Waals surface area contributed by atoms with Gasteiger partial charge in [-0.2, -0.15) is 0 Å². The predicted octanol–water partition coefficient (Wildman–Crippen LogP) is 2.63. The number of rotatable bonds is 1. The molecule has 1 aliphatic rings. The number of hydrogen-bond acceptors (Lipinski definition) is 2. The van der Waals surface area contributed by atoms with Crippen LogP contribution in [0.5, 0.6) is 0 Å². The fourth-order valence-electron chi connectivity index (χ4n) is 0.758. The number of methoxy groups -OCH3 is 1. The minimum Gasteiger partial charge on any atom is -0.466 e. The van der Waals surface area contributed by atoms with E-state index in [1.807, 2.05) is 0 Å². The van der Waals surface area contributed by atoms with Crippen molar-refractivity contribution >= 4 is 5.97 Å². The molecular weight excluding hydrogens is 164 g/mol. The minimum atomic E-state index is -0.303. The van der Waals surface area contributed by atoms with E-state index in [-0.39, 0.29) is 5.97 Å². The number of allylic oxidation sites excluding steroid dienone is 5. The first-order valence-electron chi connectivity index (χ1n) is 4.23. The van der Waals surface area contributed by atoms with Crippen molar-refractivity contribution in [2.75, 3.05) is 7.11 Å². The molecule has 0 spiro atoms. The van der Waals surface area contributed by atoms with E-state index in [1.165, 1.54) is 25.2 Å². The van der Waals surface area contributed by atoms with E-state index in [0.717, 1.165) is 0 Å². The standard InChI is InChI=1S/C6H8.C5H8O2/c1-6-4-2-3-5-6;1-3-4-5(6)7-2/h2-4H,5H2,1H3;3-4H,1-2H3/b;4-3+. The molecule has 0 aromatic carbocycles. The lowest BCUT2D eigenvalue weighted by atomic mass is 10.3. The highest BCUT2D eigenvalue weighted by molar-refractivity contribution is 5.81. The van der Waals surface area contributed by atoms with Gasteiger partial charge in [0.25, 0.3) is 0 Å². The van der Waals surface area contributed by atoms with Crippen LogP contribution in [0.4, 0.5) is 0 Å². The van der Waals surface area contributed by atoms with Crippen LogP contribution in [-0.2, 0) is 9.53 Å². The maximum absolute atomic E-state index is 10.1. The predicted molar refractivity (Wildman–Crippen MR) is 54.3 cm³/mol. The van der Waals surface area contributed by atoms with Crippen LogP contribution in [0.1, 0.15) is 20.3 Å². The number of hydrogen-bond donors (Lipinski definition) is 0. The van der Waals surface area contributed by atoms with Gasteiger partial charge in [0.1, 0.15) is 0 Å². The highest BCUT2D eigenvalue weighted by Gasteiger charge is 1.86. The minimum absolute atomic E-state index is 0.303. The summed E-state index contributed by atoms with van der Waals surface area (Å²) in [5, 5.41) is 0. The van der Waals surface area contributed by atoms with Gasteiger partial charge in [-0.1, -0.05) is 29.9 Å². The molecule has 0 atom stereocenters. The maximum Gasteiger partial charge on any atom is 0.330 e. The second-order valence-corrected chi connectivity index (χ2v) is 2.67. The van der Waals surface area contributed by atoms with E-state index in [2.05, 4.69) is 29.9 Å². The second kappa shape index (κ2) is 7.35. The topological polar surface area (TPSA) is 26.3 Å². The van der Waals surface area contributed by atoms with Gasteiger partial charge in [0, 0.05) is 6.08 Å². The van der Waals surface area contributed by atoms with Gasteiger partial charge in [0.15, 0.2) is 0 Å². The van der Waals surface area contributed by atoms with Crippen LogP contribution in [0, 0.1) is 0 Å². The Morgan fingerprint density at radius 1 is 1.62 bits per heavy atom. The molecule has 72 valence electrons. The van der Waals surface area contributed by atoms with Crippen molar-refractivity contribution < 1.29 is 9.53 Å². The van der Waals surface area contributed by atoms with Crippen molar-refractivity contribution in [2.45, 2.75) is 20.3 Å². The van der Waals surface area contributed by atoms with Gasteiger partial charge in [0.05, 0.1) is 7.11 Å². The first kappa shape index (κ1) is 11.7. The zero-order chi connectivity index (χ0) is 10.1. The van der Waals surface area contributed by atoms with Crippen LogP contribution < -0.4 is 0 Å². The van der Waals surface area contributed by atoms with E-state index in [1.54, 1.807) is 13.0 Å². The number of carbonyl (C=O) groups is 1. The molecule has 0 unspecified atom stereocenters. The van der Waals surface area contributed by atoms with Gasteiger partial charge in [-0.05, 0) is 20.3 Å². The Bertz CT molecular complexity index is 234. The van der Waals surface area contributed by atoms with Gasteiger partial charge in [-0.3, -0.25) is 0 Å². The zero-order valence-electron chi connectivity index (χ0n) is 8.41. The average molecular weight is 180 g/mol. The molecule has 2 nitrogen and oxygen atoms in total. The summed E-state index contributed by atoms with van der Waals surface area (Å²) in [6.45, 7) is 3.90. The quantitative estimate of drug-likeness (QED) is 0.458. The molecule has 1 rings (SSSR count). The summed E-state index contributed by atoms with van der Waals surface area (Å²) in [7, 11) is 1.35. The highest BCUT2D eigenvalue weighted by Crippen LogP contribution is 2.06. The summed E-state index contributed by atoms with van der Waals surface area (Å²) in [5.41, 5.74) is 1.47. The highest BCUT2D eigenvalue weighted by atomic mass is 16.5. The van der Waals surface area contributed by atoms with E-state index in [4.69, 9.17) is 0 Å². The molecule has 0 saturated carbocycles. The van der Waals surface area contributed by atoms with E-state index in [0.29, 0.717) is 0 Å². The SMILES string of the molecule is C/C=C/C(=O)OC.CC1=CC=CC1. The molecule has 0 fully saturated rings. The smallest absolute Gasteiger partial charge is 0.330 e. The number of ether oxygens (including phenoxy) is 1. The third-order valence-electron chi connectivity index (χ3n) is 1.46. The van der Waals surface area contributed by atoms with Crippen LogP contribution in [0.15, 0.2) is 36.0 Å². The lowest BCUT2D eigenvalue weighted by Crippen LogP contribution is -1.92. The molecule has 0 amide bonds. The third-order valence-corrected chi connectivity index (χ3v) is 1.46. The van der Waals surface area contributed by atoms with Gasteiger partial charge < -0.3 is 4.74 Å². The van der Waals surface area contributed by atoms with Crippen molar-refractivity contribution in [1.82, 2.24) is 0 Å². The van der Waals surface area contributed by atoms with Crippen molar-refractivity contribution in [3.05, 3.63) is 36.0 Å². The summed E-state index contributed by atoms with van der Waals surface area (Å²) in [6, 6.07) is 0. The molecule has 2 heteroatoms. The average Bonchev–Trinajstić information content (AvgIpc) is 2.57. The molecule has 1 aliphatic carbocycles. The third kappa shape index (κ3) is 7.06. The summed E-state index contributed by atoms with van der Waals surface area (Å²) in [6.07, 6.45) is 10.6. The van der Waals surface area contributed by atoms with Gasteiger partial charge >= 0.3 is 5.97 Å². The molecule has 0 bridgehead atoms. The summed E-state index contributed by atoms with van der Waals surface area (Å²) in [4.78, 5) is 10.1. The molecule has 0 saturated heterocycles. The number of esters is 1. The normalized spacial score (nSPS) is 13.6. The monoisotopic (exact) mass is 180 g/mol. The first-order valence-corrected chi connectivity index (χ1v) is 4.23. The molecule has 0 aliphatic heterocycles. The molecule has 0 radical (unpaired) electrons. The maximum atomic E-state index is 10.1. The van der Waals surface area contributed by atoms with Crippen LogP contribution >= 0.6 is 0 Å². The Morgan fingerprint density at radius 3 is 2.46 bits per heavy atom. The lowest BCUT2D eigenvalue weighted by molar-refractivity contribution is -0.134. The zero-order valence-corrected chi connectivity index (χ0v) is 8.41. The fourth-order valence-corrected chi connectivity index (χ4v) is 0.758. The molecule has 0 heterocycles. The molecule has 13 heavy (non-hydrogen) atoms. The van der Waals surface area contributed by atoms with Crippen molar-refractivity contribution in [3.63, 3.8) is 0 Å². The Kier molecular flexibility index (Phi) is 6.60. The Balaban J connectivity index is 0.000000223. The molecule has 0 aromatic rings. The van der Waals surface area contributed by atoms with Crippen molar-refractivity contribution in [3.8, 4) is 0 Å². The summed E-state index contributed by atoms with van der Waals surface area (Å²) < 4.78 is 4.26. The first-order chi connectivity index (χ1) is 6.20. The van der Waals surface area contributed by atoms with Crippen LogP contribution in [0.25, 0.3) is 0 Å². The number of carbonyl (C=O) groups excluding carboxylic acids is 1. The van der Waals surface area contributed by atoms with Gasteiger partial charge in [-0.15, -0.1) is 0 Å². The van der Waals surface area contributed by atoms with E-state index in [9.17, 15) is 4.79 Å². The van der Waals surface area contributed by atoms with Gasteiger partial charge in [0.2, 0.25) is 0 Å². The largest absolute Gasteiger partial charge is 0.466 e. The summed E-state index contributed by atoms with van der Waals surface area (Å²) in [5.74, 6) is -0.303. The van der Waals surface area contributed by atoms with Crippen molar-refractivity contribution in [1.29, 1.82) is 0 Å². The molecule has 0 N–H and O–H groups in total. The Labute approximate surface area is 79.6 Å². The molecule has 0 aromatic heterocycles. The van der Waals surface area contributed by atoms with E-state index < -0.39 is 0 Å². The second-order valence-electron chi connectivity index (χ2n) is 2.67. The Morgan fingerprint density at radius 2 is 2.31 bits per heavy atom. The van der Waals surface area contributed by atoms with Crippen molar-refractivity contribution in [2.24, 2.45) is 0 Å². The van der Waals surface area contributed by atoms with Crippen LogP contribution in [0.3, 0.4) is 0 Å². The van der Waals surface area contributed by atoms with Crippen LogP contribution in [0.2, 0.25) is 0 Å². The Hall–Kier alpha value is -1.31. The lowest BCUT2D eigenvalue weighted by Gasteiger charge is -1.84. The molecular formula is C11H16O2. The summed E-state index contributed by atoms with van der Waals surface area (Å²) >= 11 is 0. The fraction of sp³-hybridized carbons (Fsp3) is 0.364. The van der Waals surface area contributed by atoms with E-state index >= 15 is 0 Å². The van der Waals surface area contributed by atoms with Crippen LogP contribution in [-0.4, -0.2) is 13.1 Å². The van der Waals surface area contributed by atoms with Gasteiger partial charge in [-0.25, -0.2) is 4.79 Å².